The number of rotatable bonds is 6. The second-order valence-corrected chi connectivity index (χ2v) is 4.98. The molecule has 0 aliphatic heterocycles. The number of hydrogen-bond acceptors (Lipinski definition) is 7. The van der Waals surface area contributed by atoms with Crippen molar-refractivity contribution in [2.75, 3.05) is 18.5 Å². The number of hydrogen-bond donors (Lipinski definition) is 1. The summed E-state index contributed by atoms with van der Waals surface area (Å²) in [6, 6.07) is 3.59. The quantitative estimate of drug-likeness (QED) is 0.373. The molecule has 8 nitrogen and oxygen atoms in total. The number of ether oxygens (including phenoxy) is 2. The molecule has 0 fully saturated rings. The molecule has 0 amide bonds. The van der Waals surface area contributed by atoms with E-state index < -0.39 is 11.9 Å². The molecule has 24 heavy (non-hydrogen) atoms. The lowest BCUT2D eigenvalue weighted by atomic mass is 10.3. The van der Waals surface area contributed by atoms with Gasteiger partial charge in [0.1, 0.15) is 5.82 Å². The lowest BCUT2D eigenvalue weighted by Crippen LogP contribution is -2.19. The van der Waals surface area contributed by atoms with Crippen LogP contribution in [0.25, 0.3) is 5.65 Å². The number of anilines is 1. The first-order chi connectivity index (χ1) is 11.5. The monoisotopic (exact) mass is 332 g/mol. The average Bonchev–Trinajstić information content (AvgIpc) is 2.88. The second kappa shape index (κ2) is 7.58. The van der Waals surface area contributed by atoms with Gasteiger partial charge in [-0.2, -0.15) is 9.61 Å². The Hall–Kier alpha value is -2.90. The number of nitrogens with one attached hydrogen (secondary N) is 1. The summed E-state index contributed by atoms with van der Waals surface area (Å²) in [7, 11) is 0. The van der Waals surface area contributed by atoms with Crippen molar-refractivity contribution in [3.05, 3.63) is 35.3 Å². The summed E-state index contributed by atoms with van der Waals surface area (Å²) < 4.78 is 11.4. The van der Waals surface area contributed by atoms with Gasteiger partial charge in [0.15, 0.2) is 11.2 Å². The van der Waals surface area contributed by atoms with Gasteiger partial charge in [-0.3, -0.25) is 0 Å². The fourth-order valence-electron chi connectivity index (χ4n) is 2.08. The number of carbonyl (C=O) groups is 2. The maximum Gasteiger partial charge on any atom is 0.347 e. The van der Waals surface area contributed by atoms with Gasteiger partial charge in [0, 0.05) is 24.0 Å². The first-order valence-corrected chi connectivity index (χ1v) is 7.61. The third-order valence-corrected chi connectivity index (χ3v) is 3.03. The summed E-state index contributed by atoms with van der Waals surface area (Å²) in [5, 5.41) is 7.24. The average molecular weight is 332 g/mol. The number of aryl methyl sites for hydroxylation is 2. The first-order valence-electron chi connectivity index (χ1n) is 7.61. The highest BCUT2D eigenvalue weighted by Crippen LogP contribution is 2.14. The van der Waals surface area contributed by atoms with Crippen LogP contribution >= 0.6 is 0 Å². The molecule has 0 aromatic carbocycles. The van der Waals surface area contributed by atoms with E-state index in [1.165, 1.54) is 6.20 Å². The highest BCUT2D eigenvalue weighted by Gasteiger charge is 2.21. The molecule has 0 aliphatic carbocycles. The normalized spacial score (nSPS) is 10.3. The zero-order valence-electron chi connectivity index (χ0n) is 14.1. The smallest absolute Gasteiger partial charge is 0.347 e. The molecule has 2 rings (SSSR count). The van der Waals surface area contributed by atoms with Crippen LogP contribution in [0.2, 0.25) is 0 Å². The second-order valence-electron chi connectivity index (χ2n) is 4.98. The van der Waals surface area contributed by atoms with Crippen molar-refractivity contribution in [1.29, 1.82) is 0 Å². The van der Waals surface area contributed by atoms with E-state index in [1.807, 2.05) is 19.9 Å². The molecule has 0 saturated heterocycles. The van der Waals surface area contributed by atoms with Crippen molar-refractivity contribution in [3.8, 4) is 0 Å². The number of carbonyl (C=O) groups excluding carboxylic acids is 2. The van der Waals surface area contributed by atoms with Gasteiger partial charge in [-0.15, -0.1) is 0 Å². The third kappa shape index (κ3) is 3.89. The molecule has 1 N–H and O–H groups in total. The van der Waals surface area contributed by atoms with E-state index in [0.29, 0.717) is 11.5 Å². The highest BCUT2D eigenvalue weighted by molar-refractivity contribution is 6.14. The van der Waals surface area contributed by atoms with Crippen LogP contribution in [0.1, 0.15) is 25.2 Å². The molecular formula is C16H20N4O4. The largest absolute Gasteiger partial charge is 0.462 e. The van der Waals surface area contributed by atoms with Crippen LogP contribution in [0, 0.1) is 13.8 Å². The molecule has 0 spiro atoms. The molecule has 0 aliphatic rings. The van der Waals surface area contributed by atoms with Gasteiger partial charge >= 0.3 is 11.9 Å². The minimum absolute atomic E-state index is 0.159. The Bertz CT molecular complexity index is 775. The summed E-state index contributed by atoms with van der Waals surface area (Å²) in [6.07, 6.45) is 1.27. The Labute approximate surface area is 139 Å². The van der Waals surface area contributed by atoms with Gasteiger partial charge in [0.25, 0.3) is 0 Å². The van der Waals surface area contributed by atoms with Gasteiger partial charge in [-0.1, -0.05) is 0 Å². The topological polar surface area (TPSA) is 94.8 Å². The van der Waals surface area contributed by atoms with Crippen molar-refractivity contribution >= 4 is 23.4 Å². The molecule has 128 valence electrons. The van der Waals surface area contributed by atoms with Crippen LogP contribution in [0.15, 0.2) is 23.9 Å². The molecule has 0 atom stereocenters. The maximum atomic E-state index is 11.9. The van der Waals surface area contributed by atoms with Crippen molar-refractivity contribution in [2.45, 2.75) is 27.7 Å². The Balaban J connectivity index is 2.37. The van der Waals surface area contributed by atoms with E-state index in [1.54, 1.807) is 24.4 Å². The molecule has 2 aromatic heterocycles. The summed E-state index contributed by atoms with van der Waals surface area (Å²) in [5.41, 5.74) is 2.02. The predicted molar refractivity (Wildman–Crippen MR) is 87.4 cm³/mol. The number of esters is 2. The number of nitrogens with zero attached hydrogens (tertiary/aromatic N) is 3. The molecule has 0 unspecified atom stereocenters. The zero-order valence-corrected chi connectivity index (χ0v) is 14.1. The van der Waals surface area contributed by atoms with Crippen molar-refractivity contribution in [2.24, 2.45) is 0 Å². The molecule has 2 heterocycles. The van der Waals surface area contributed by atoms with E-state index in [9.17, 15) is 9.59 Å². The minimum atomic E-state index is -0.748. The van der Waals surface area contributed by atoms with Crippen molar-refractivity contribution < 1.29 is 19.1 Å². The van der Waals surface area contributed by atoms with Gasteiger partial charge in [0.05, 0.1) is 18.9 Å². The van der Waals surface area contributed by atoms with E-state index in [0.717, 1.165) is 11.4 Å². The lowest BCUT2D eigenvalue weighted by molar-refractivity contribution is -0.146. The fraction of sp³-hybridized carbons (Fsp3) is 0.375. The summed E-state index contributed by atoms with van der Waals surface area (Å²) in [5.74, 6) is -0.930. The molecule has 2 aromatic rings. The van der Waals surface area contributed by atoms with Crippen LogP contribution in [0.4, 0.5) is 5.82 Å². The van der Waals surface area contributed by atoms with Crippen LogP contribution in [0.5, 0.6) is 0 Å². The summed E-state index contributed by atoms with van der Waals surface area (Å²) in [4.78, 5) is 28.3. The number of aromatic nitrogens is 3. The van der Waals surface area contributed by atoms with Gasteiger partial charge in [-0.25, -0.2) is 14.6 Å². The highest BCUT2D eigenvalue weighted by atomic mass is 16.6. The molecule has 8 heteroatoms. The first kappa shape index (κ1) is 17.5. The third-order valence-electron chi connectivity index (χ3n) is 3.03. The van der Waals surface area contributed by atoms with E-state index in [2.05, 4.69) is 15.4 Å². The Morgan fingerprint density at radius 1 is 1.12 bits per heavy atom. The number of fused-ring (bicyclic) bond motifs is 1. The lowest BCUT2D eigenvalue weighted by Gasteiger charge is -2.09. The zero-order chi connectivity index (χ0) is 17.7. The van der Waals surface area contributed by atoms with Gasteiger partial charge < -0.3 is 14.8 Å². The summed E-state index contributed by atoms with van der Waals surface area (Å²) >= 11 is 0. The van der Waals surface area contributed by atoms with Crippen molar-refractivity contribution in [1.82, 2.24) is 14.6 Å². The Morgan fingerprint density at radius 3 is 2.33 bits per heavy atom. The SMILES string of the molecule is CCOC(=O)C(=CNc1cc(C)nc2cc(C)nn12)C(=O)OCC. The van der Waals surface area contributed by atoms with Crippen LogP contribution in [-0.4, -0.2) is 39.8 Å². The van der Waals surface area contributed by atoms with Crippen LogP contribution < -0.4 is 5.32 Å². The van der Waals surface area contributed by atoms with E-state index >= 15 is 0 Å². The maximum absolute atomic E-state index is 11.9. The van der Waals surface area contributed by atoms with Gasteiger partial charge in [0.2, 0.25) is 0 Å². The Morgan fingerprint density at radius 2 is 1.75 bits per heavy atom. The van der Waals surface area contributed by atoms with Crippen molar-refractivity contribution in [3.63, 3.8) is 0 Å². The molecule has 0 radical (unpaired) electrons. The molecule has 0 bridgehead atoms. The minimum Gasteiger partial charge on any atom is -0.462 e. The van der Waals surface area contributed by atoms with E-state index in [4.69, 9.17) is 9.47 Å². The summed E-state index contributed by atoms with van der Waals surface area (Å²) in [6.45, 7) is 7.34. The molecule has 0 saturated carbocycles. The Kier molecular flexibility index (Phi) is 5.51. The van der Waals surface area contributed by atoms with Crippen LogP contribution in [0.3, 0.4) is 0 Å². The molecular weight excluding hydrogens is 312 g/mol. The predicted octanol–water partition coefficient (Wildman–Crippen LogP) is 1.77. The fourth-order valence-corrected chi connectivity index (χ4v) is 2.08. The van der Waals surface area contributed by atoms with Crippen LogP contribution in [-0.2, 0) is 19.1 Å². The standard InChI is InChI=1S/C16H20N4O4/c1-5-23-15(21)12(16(22)24-6-2)9-17-13-7-10(3)18-14-8-11(4)19-20(13)14/h7-9,17H,5-6H2,1-4H3. The van der Waals surface area contributed by atoms with Gasteiger partial charge in [-0.05, 0) is 27.7 Å². The van der Waals surface area contributed by atoms with E-state index in [-0.39, 0.29) is 18.8 Å².